The van der Waals surface area contributed by atoms with Gasteiger partial charge in [-0.3, -0.25) is 4.79 Å². The fraction of sp³-hybridized carbons (Fsp3) is 0.208. The molecule has 1 amide bonds. The first kappa shape index (κ1) is 20.7. The van der Waals surface area contributed by atoms with Crippen LogP contribution in [0.4, 0.5) is 10.1 Å². The van der Waals surface area contributed by atoms with Gasteiger partial charge in [0.05, 0.1) is 4.90 Å². The first-order valence-corrected chi connectivity index (χ1v) is 11.8. The quantitative estimate of drug-likeness (QED) is 0.484. The Kier molecular flexibility index (Phi) is 5.19. The summed E-state index contributed by atoms with van der Waals surface area (Å²) in [6, 6.07) is 18.1. The summed E-state index contributed by atoms with van der Waals surface area (Å²) < 4.78 is 45.9. The topological polar surface area (TPSA) is 79.6 Å². The third-order valence-electron chi connectivity index (χ3n) is 5.92. The van der Waals surface area contributed by atoms with Crippen LogP contribution in [0.15, 0.2) is 76.0 Å². The third-order valence-corrected chi connectivity index (χ3v) is 7.84. The Morgan fingerprint density at radius 2 is 1.62 bits per heavy atom. The second-order valence-electron chi connectivity index (χ2n) is 7.93. The normalized spacial score (nSPS) is 15.9. The van der Waals surface area contributed by atoms with Gasteiger partial charge in [-0.2, -0.15) is 4.31 Å². The summed E-state index contributed by atoms with van der Waals surface area (Å²) in [7, 11) is -3.70. The van der Waals surface area contributed by atoms with Gasteiger partial charge >= 0.3 is 0 Å². The second kappa shape index (κ2) is 8.03. The highest BCUT2D eigenvalue weighted by Crippen LogP contribution is 2.31. The molecule has 0 bridgehead atoms. The van der Waals surface area contributed by atoms with Crippen molar-refractivity contribution in [1.82, 2.24) is 4.31 Å². The van der Waals surface area contributed by atoms with Gasteiger partial charge in [0.1, 0.15) is 17.0 Å². The van der Waals surface area contributed by atoms with Crippen LogP contribution >= 0.6 is 0 Å². The van der Waals surface area contributed by atoms with Crippen molar-refractivity contribution >= 4 is 43.6 Å². The van der Waals surface area contributed by atoms with E-state index in [4.69, 9.17) is 4.42 Å². The minimum Gasteiger partial charge on any atom is -0.456 e. The van der Waals surface area contributed by atoms with E-state index in [1.807, 2.05) is 36.4 Å². The molecular formula is C24H21FN2O4S. The summed E-state index contributed by atoms with van der Waals surface area (Å²) in [6.45, 7) is 0.473. The molecule has 5 rings (SSSR count). The summed E-state index contributed by atoms with van der Waals surface area (Å²) in [6.07, 6.45) is 0.832. The van der Waals surface area contributed by atoms with E-state index in [2.05, 4.69) is 5.32 Å². The molecule has 3 aromatic carbocycles. The zero-order valence-electron chi connectivity index (χ0n) is 17.1. The van der Waals surface area contributed by atoms with E-state index in [0.29, 0.717) is 24.1 Å². The maximum Gasteiger partial charge on any atom is 0.243 e. The van der Waals surface area contributed by atoms with Crippen molar-refractivity contribution in [3.05, 3.63) is 72.5 Å². The van der Waals surface area contributed by atoms with Crippen LogP contribution in [0.2, 0.25) is 0 Å². The summed E-state index contributed by atoms with van der Waals surface area (Å²) in [4.78, 5) is 12.8. The van der Waals surface area contributed by atoms with E-state index < -0.39 is 15.8 Å². The molecule has 2 heterocycles. The summed E-state index contributed by atoms with van der Waals surface area (Å²) in [5, 5.41) is 4.94. The molecule has 1 aliphatic rings. The molecule has 164 valence electrons. The molecule has 4 aromatic rings. The molecule has 1 N–H and O–H groups in total. The van der Waals surface area contributed by atoms with Gasteiger partial charge in [0.2, 0.25) is 15.9 Å². The zero-order chi connectivity index (χ0) is 22.3. The van der Waals surface area contributed by atoms with Crippen LogP contribution in [0.25, 0.3) is 21.9 Å². The van der Waals surface area contributed by atoms with Gasteiger partial charge < -0.3 is 9.73 Å². The maximum atomic E-state index is 13.1. The van der Waals surface area contributed by atoms with E-state index in [1.165, 1.54) is 16.4 Å². The van der Waals surface area contributed by atoms with Gasteiger partial charge in [0.25, 0.3) is 0 Å². The number of hydrogen-bond donors (Lipinski definition) is 1. The first-order chi connectivity index (χ1) is 15.4. The molecule has 1 fully saturated rings. The lowest BCUT2D eigenvalue weighted by molar-refractivity contribution is -0.120. The Morgan fingerprint density at radius 1 is 0.938 bits per heavy atom. The lowest BCUT2D eigenvalue weighted by Gasteiger charge is -2.30. The number of nitrogens with one attached hydrogen (secondary N) is 1. The molecule has 32 heavy (non-hydrogen) atoms. The number of carbonyl (C=O) groups excluding carboxylic acids is 1. The molecule has 0 unspecified atom stereocenters. The lowest BCUT2D eigenvalue weighted by atomic mass is 9.97. The van der Waals surface area contributed by atoms with Crippen molar-refractivity contribution in [3.63, 3.8) is 0 Å². The number of anilines is 1. The Bertz CT molecular complexity index is 1410. The van der Waals surface area contributed by atoms with Gasteiger partial charge in [-0.1, -0.05) is 18.2 Å². The van der Waals surface area contributed by atoms with E-state index in [0.717, 1.165) is 28.5 Å². The number of benzene rings is 3. The summed E-state index contributed by atoms with van der Waals surface area (Å²) in [5.41, 5.74) is 2.13. The molecule has 0 spiro atoms. The van der Waals surface area contributed by atoms with E-state index >= 15 is 0 Å². The van der Waals surface area contributed by atoms with Crippen molar-refractivity contribution in [2.45, 2.75) is 17.7 Å². The van der Waals surface area contributed by atoms with Crippen LogP contribution in [0, 0.1) is 11.7 Å². The number of hydrogen-bond acceptors (Lipinski definition) is 4. The number of piperidine rings is 1. The molecule has 1 aliphatic heterocycles. The minimum atomic E-state index is -3.70. The zero-order valence-corrected chi connectivity index (χ0v) is 17.9. The van der Waals surface area contributed by atoms with Crippen molar-refractivity contribution < 1.29 is 22.0 Å². The van der Waals surface area contributed by atoms with E-state index in [9.17, 15) is 17.6 Å². The second-order valence-corrected chi connectivity index (χ2v) is 9.87. The maximum absolute atomic E-state index is 13.1. The van der Waals surface area contributed by atoms with Crippen LogP contribution in [-0.4, -0.2) is 31.7 Å². The Hall–Kier alpha value is -3.23. The third kappa shape index (κ3) is 3.76. The van der Waals surface area contributed by atoms with Gasteiger partial charge in [-0.15, -0.1) is 0 Å². The predicted molar refractivity (Wildman–Crippen MR) is 120 cm³/mol. The number of fused-ring (bicyclic) bond motifs is 3. The van der Waals surface area contributed by atoms with Crippen molar-refractivity contribution in [2.75, 3.05) is 18.4 Å². The lowest BCUT2D eigenvalue weighted by Crippen LogP contribution is -2.41. The molecule has 0 radical (unpaired) electrons. The number of rotatable bonds is 4. The highest BCUT2D eigenvalue weighted by atomic mass is 32.2. The average molecular weight is 453 g/mol. The standard InChI is InChI=1S/C24H21FN2O4S/c25-17-5-8-19(9-6-17)32(29,30)27-13-11-16(12-14-27)24(28)26-18-7-10-21-20-3-1-2-4-22(20)31-23(21)15-18/h1-10,15-16H,11-14H2,(H,26,28). The number of para-hydroxylation sites is 1. The average Bonchev–Trinajstić information content (AvgIpc) is 3.17. The minimum absolute atomic E-state index is 0.0564. The summed E-state index contributed by atoms with van der Waals surface area (Å²) >= 11 is 0. The van der Waals surface area contributed by atoms with Crippen LogP contribution in [0.5, 0.6) is 0 Å². The number of carbonyl (C=O) groups is 1. The molecule has 8 heteroatoms. The fourth-order valence-corrected chi connectivity index (χ4v) is 5.63. The molecular weight excluding hydrogens is 431 g/mol. The molecule has 1 aromatic heterocycles. The SMILES string of the molecule is O=C(Nc1ccc2c(c1)oc1ccccc12)C1CCN(S(=O)(=O)c2ccc(F)cc2)CC1. The molecule has 0 atom stereocenters. The summed E-state index contributed by atoms with van der Waals surface area (Å²) in [5.74, 6) is -0.916. The fourth-order valence-electron chi connectivity index (χ4n) is 4.16. The predicted octanol–water partition coefficient (Wildman–Crippen LogP) is 4.76. The Labute approximate surface area is 184 Å². The number of nitrogens with zero attached hydrogens (tertiary/aromatic N) is 1. The van der Waals surface area contributed by atoms with Gasteiger partial charge in [0.15, 0.2) is 0 Å². The Balaban J connectivity index is 1.25. The molecule has 0 aliphatic carbocycles. The highest BCUT2D eigenvalue weighted by molar-refractivity contribution is 7.89. The number of sulfonamides is 1. The van der Waals surface area contributed by atoms with Gasteiger partial charge in [-0.25, -0.2) is 12.8 Å². The van der Waals surface area contributed by atoms with Gasteiger partial charge in [0, 0.05) is 41.5 Å². The van der Waals surface area contributed by atoms with Crippen LogP contribution in [-0.2, 0) is 14.8 Å². The van der Waals surface area contributed by atoms with Gasteiger partial charge in [-0.05, 0) is 55.3 Å². The largest absolute Gasteiger partial charge is 0.456 e. The molecule has 6 nitrogen and oxygen atoms in total. The number of halogens is 1. The van der Waals surface area contributed by atoms with E-state index in [-0.39, 0.29) is 29.8 Å². The smallest absolute Gasteiger partial charge is 0.243 e. The first-order valence-electron chi connectivity index (χ1n) is 10.4. The van der Waals surface area contributed by atoms with Crippen LogP contribution < -0.4 is 5.32 Å². The molecule has 0 saturated carbocycles. The van der Waals surface area contributed by atoms with E-state index in [1.54, 1.807) is 6.07 Å². The number of amides is 1. The number of furan rings is 1. The van der Waals surface area contributed by atoms with Crippen LogP contribution in [0.1, 0.15) is 12.8 Å². The molecule has 1 saturated heterocycles. The monoisotopic (exact) mass is 452 g/mol. The van der Waals surface area contributed by atoms with Crippen molar-refractivity contribution in [1.29, 1.82) is 0 Å². The van der Waals surface area contributed by atoms with Crippen LogP contribution in [0.3, 0.4) is 0 Å². The van der Waals surface area contributed by atoms with Crippen molar-refractivity contribution in [3.8, 4) is 0 Å². The highest BCUT2D eigenvalue weighted by Gasteiger charge is 2.32. The van der Waals surface area contributed by atoms with Crippen molar-refractivity contribution in [2.24, 2.45) is 5.92 Å². The Morgan fingerprint density at radius 3 is 2.38 bits per heavy atom.